The van der Waals surface area contributed by atoms with Crippen molar-refractivity contribution in [3.63, 3.8) is 0 Å². The van der Waals surface area contributed by atoms with Crippen LogP contribution in [0.5, 0.6) is 11.5 Å². The number of likely N-dealkylation sites (tertiary alicyclic amines) is 2. The van der Waals surface area contributed by atoms with Crippen LogP contribution >= 0.6 is 12.4 Å². The predicted octanol–water partition coefficient (Wildman–Crippen LogP) is 3.97. The summed E-state index contributed by atoms with van der Waals surface area (Å²) in [7, 11) is 4.29. The van der Waals surface area contributed by atoms with Gasteiger partial charge in [0, 0.05) is 37.8 Å². The molecule has 0 unspecified atom stereocenters. The quantitative estimate of drug-likeness (QED) is 0.359. The Labute approximate surface area is 322 Å². The van der Waals surface area contributed by atoms with Gasteiger partial charge in [-0.2, -0.15) is 10.2 Å². The van der Waals surface area contributed by atoms with Gasteiger partial charge >= 0.3 is 0 Å². The third-order valence-electron chi connectivity index (χ3n) is 11.1. The van der Waals surface area contributed by atoms with Crippen LogP contribution in [0.1, 0.15) is 45.7 Å². The smallest absolute Gasteiger partial charge is 0.262 e. The first-order valence-corrected chi connectivity index (χ1v) is 18.4. The van der Waals surface area contributed by atoms with Gasteiger partial charge in [0.15, 0.2) is 11.7 Å². The van der Waals surface area contributed by atoms with Gasteiger partial charge in [0.1, 0.15) is 36.8 Å². The van der Waals surface area contributed by atoms with Crippen molar-refractivity contribution >= 4 is 64.2 Å². The molecule has 14 nitrogen and oxygen atoms in total. The second-order valence-corrected chi connectivity index (χ2v) is 15.8. The van der Waals surface area contributed by atoms with Gasteiger partial charge in [0.05, 0.1) is 35.3 Å². The number of aromatic nitrogens is 1. The van der Waals surface area contributed by atoms with Gasteiger partial charge in [0.2, 0.25) is 0 Å². The molecule has 2 aromatic carbocycles. The third kappa shape index (κ3) is 6.53. The summed E-state index contributed by atoms with van der Waals surface area (Å²) in [6, 6.07) is 9.94. The van der Waals surface area contributed by atoms with E-state index in [-0.39, 0.29) is 47.3 Å². The number of amides is 2. The summed E-state index contributed by atoms with van der Waals surface area (Å²) < 4.78 is 19.6. The predicted molar refractivity (Wildman–Crippen MR) is 213 cm³/mol. The molecule has 0 spiro atoms. The summed E-state index contributed by atoms with van der Waals surface area (Å²) in [4.78, 5) is 32.9. The van der Waals surface area contributed by atoms with E-state index in [9.17, 15) is 9.59 Å². The second kappa shape index (κ2) is 14.1. The van der Waals surface area contributed by atoms with E-state index >= 15 is 0 Å². The van der Waals surface area contributed by atoms with E-state index in [0.717, 1.165) is 83.6 Å². The number of nitrogens with one attached hydrogen (secondary N) is 2. The molecule has 2 amide bonds. The maximum atomic E-state index is 12.2. The Morgan fingerprint density at radius 3 is 2.02 bits per heavy atom. The number of hydrazone groups is 2. The molecule has 0 saturated carbocycles. The number of rotatable bonds is 6. The van der Waals surface area contributed by atoms with E-state index < -0.39 is 0 Å². The van der Waals surface area contributed by atoms with Crippen molar-refractivity contribution in [2.75, 3.05) is 69.9 Å². The van der Waals surface area contributed by atoms with Gasteiger partial charge in [0.25, 0.3) is 11.8 Å². The van der Waals surface area contributed by atoms with Crippen molar-refractivity contribution in [3.05, 3.63) is 53.9 Å². The van der Waals surface area contributed by atoms with E-state index in [0.29, 0.717) is 19.8 Å². The Morgan fingerprint density at radius 1 is 0.870 bits per heavy atom. The molecule has 288 valence electrons. The molecule has 0 radical (unpaired) electrons. The number of ether oxygens (including phenoxy) is 3. The lowest BCUT2D eigenvalue weighted by Crippen LogP contribution is -2.58. The minimum absolute atomic E-state index is 0. The van der Waals surface area contributed by atoms with Crippen molar-refractivity contribution in [1.82, 2.24) is 25.2 Å². The van der Waals surface area contributed by atoms with Crippen molar-refractivity contribution in [3.8, 4) is 11.5 Å². The minimum Gasteiger partial charge on any atom is -0.501 e. The molecular formula is C39H50ClN9O5. The maximum absolute atomic E-state index is 12.2. The van der Waals surface area contributed by atoms with Crippen LogP contribution in [0.25, 0.3) is 17.0 Å². The van der Waals surface area contributed by atoms with E-state index in [1.807, 2.05) is 36.6 Å². The fourth-order valence-corrected chi connectivity index (χ4v) is 8.88. The Hall–Kier alpha value is -4.79. The fourth-order valence-electron chi connectivity index (χ4n) is 8.88. The SMILES string of the molecule is CCO/C=C/c1cc2c(cc1CC1(C)CN(C)C1)N1C(=NNC(=O)[C@H]1C)CO2.C[C@@H]1C(=O)NN=C2COc3cc4ccn(C5(C)CN(C)C5)c4cc3N21.Cl. The molecule has 0 bridgehead atoms. The first-order chi connectivity index (χ1) is 25.4. The average molecular weight is 760 g/mol. The fraction of sp³-hybridized carbons (Fsp3) is 0.487. The highest BCUT2D eigenvalue weighted by atomic mass is 35.5. The average Bonchev–Trinajstić information content (AvgIpc) is 3.53. The third-order valence-corrected chi connectivity index (χ3v) is 11.1. The van der Waals surface area contributed by atoms with Crippen LogP contribution in [0.4, 0.5) is 11.4 Å². The molecule has 7 heterocycles. The van der Waals surface area contributed by atoms with E-state index in [2.05, 4.69) is 99.9 Å². The monoisotopic (exact) mass is 759 g/mol. The number of halogens is 1. The largest absolute Gasteiger partial charge is 0.501 e. The zero-order chi connectivity index (χ0) is 37.2. The highest BCUT2D eigenvalue weighted by Crippen LogP contribution is 2.42. The Balaban J connectivity index is 0.000000164. The van der Waals surface area contributed by atoms with Gasteiger partial charge in [-0.15, -0.1) is 12.4 Å². The van der Waals surface area contributed by atoms with Crippen LogP contribution in [0.3, 0.4) is 0 Å². The van der Waals surface area contributed by atoms with Gasteiger partial charge in [-0.05, 0) is 101 Å². The summed E-state index contributed by atoms with van der Waals surface area (Å²) >= 11 is 0. The number of anilines is 2. The second-order valence-electron chi connectivity index (χ2n) is 15.8. The van der Waals surface area contributed by atoms with Crippen molar-refractivity contribution in [2.45, 2.75) is 58.7 Å². The normalized spacial score (nSPS) is 23.5. The summed E-state index contributed by atoms with van der Waals surface area (Å²) in [5.74, 6) is 2.85. The number of fused-ring (bicyclic) bond motifs is 7. The number of hydrogen-bond acceptors (Lipinski definition) is 11. The van der Waals surface area contributed by atoms with Crippen LogP contribution < -0.4 is 30.1 Å². The number of benzene rings is 2. The summed E-state index contributed by atoms with van der Waals surface area (Å²) in [5, 5.41) is 9.50. The van der Waals surface area contributed by atoms with Gasteiger partial charge in [-0.25, -0.2) is 10.9 Å². The number of hydrogen-bond donors (Lipinski definition) is 2. The van der Waals surface area contributed by atoms with Crippen LogP contribution in [0, 0.1) is 5.41 Å². The molecule has 6 aliphatic rings. The number of carbonyl (C=O) groups is 2. The first-order valence-electron chi connectivity index (χ1n) is 18.4. The van der Waals surface area contributed by atoms with Gasteiger partial charge in [-0.1, -0.05) is 6.92 Å². The molecule has 0 aliphatic carbocycles. The van der Waals surface area contributed by atoms with Crippen molar-refractivity contribution in [2.24, 2.45) is 15.6 Å². The maximum Gasteiger partial charge on any atom is 0.262 e. The highest BCUT2D eigenvalue weighted by molar-refractivity contribution is 6.11. The zero-order valence-corrected chi connectivity index (χ0v) is 32.8. The van der Waals surface area contributed by atoms with Crippen LogP contribution in [0.15, 0.2) is 53.0 Å². The molecule has 9 rings (SSSR count). The molecule has 3 aromatic rings. The van der Waals surface area contributed by atoms with E-state index in [1.54, 1.807) is 6.26 Å². The number of likely N-dealkylation sites (N-methyl/N-ethyl adjacent to an activating group) is 1. The van der Waals surface area contributed by atoms with Crippen LogP contribution in [-0.4, -0.2) is 110 Å². The summed E-state index contributed by atoms with van der Waals surface area (Å²) in [6.45, 7) is 15.9. The summed E-state index contributed by atoms with van der Waals surface area (Å²) in [5.41, 5.74) is 10.8. The molecule has 2 atom stereocenters. The Morgan fingerprint density at radius 2 is 1.44 bits per heavy atom. The molecule has 2 saturated heterocycles. The van der Waals surface area contributed by atoms with Crippen LogP contribution in [0.2, 0.25) is 0 Å². The van der Waals surface area contributed by atoms with Gasteiger partial charge in [-0.3, -0.25) is 9.59 Å². The Bertz CT molecular complexity index is 2070. The minimum atomic E-state index is -0.321. The topological polar surface area (TPSA) is 128 Å². The molecule has 2 fully saturated rings. The Kier molecular flexibility index (Phi) is 9.82. The lowest BCUT2D eigenvalue weighted by Gasteiger charge is -2.47. The molecule has 54 heavy (non-hydrogen) atoms. The molecule has 2 N–H and O–H groups in total. The number of nitrogens with zero attached hydrogens (tertiary/aromatic N) is 7. The molecule has 6 aliphatic heterocycles. The zero-order valence-electron chi connectivity index (χ0n) is 32.0. The number of amidine groups is 2. The molecular weight excluding hydrogens is 710 g/mol. The number of carbonyl (C=O) groups excluding carboxylic acids is 2. The summed E-state index contributed by atoms with van der Waals surface area (Å²) in [6.07, 6.45) is 6.86. The lowest BCUT2D eigenvalue weighted by molar-refractivity contribution is -0.123. The van der Waals surface area contributed by atoms with Crippen molar-refractivity contribution in [1.29, 1.82) is 0 Å². The van der Waals surface area contributed by atoms with E-state index in [4.69, 9.17) is 14.2 Å². The van der Waals surface area contributed by atoms with Crippen LogP contribution in [-0.2, 0) is 26.3 Å². The first kappa shape index (κ1) is 37.5. The molecule has 1 aromatic heterocycles. The van der Waals surface area contributed by atoms with Gasteiger partial charge < -0.3 is 38.4 Å². The van der Waals surface area contributed by atoms with E-state index in [1.165, 1.54) is 5.56 Å². The van der Waals surface area contributed by atoms with Crippen molar-refractivity contribution < 1.29 is 23.8 Å². The molecule has 15 heteroatoms. The standard InChI is InChI=1S/C21H28N4O3.C18H21N5O2.ClH/c1-5-27-7-6-15-9-18-17(8-16(15)10-21(3)12-24(4)13-21)25-14(2)20(26)23-22-19(25)11-28-18;1-11-17(24)20-19-16-8-25-15-6-12-4-5-22(18(2)9-21(3)10-18)13(12)7-14(15)23(11)16;/h6-9,14H,5,10-13H2,1-4H3,(H,23,26);4-7,11H,8-10H2,1-3H3,(H,20,24);1H/b7-6+;;/t14-;11-;/m11./s1. The highest BCUT2D eigenvalue weighted by Gasteiger charge is 2.41. The lowest BCUT2D eigenvalue weighted by atomic mass is 9.76.